The van der Waals surface area contributed by atoms with Crippen LogP contribution in [0.15, 0.2) is 127 Å². The summed E-state index contributed by atoms with van der Waals surface area (Å²) in [6, 6.07) is 37.6. The van der Waals surface area contributed by atoms with E-state index in [4.69, 9.17) is 126 Å². The van der Waals surface area contributed by atoms with Gasteiger partial charge in [-0.05, 0) is 113 Å². The molecule has 6 aromatic rings. The molecule has 100 heavy (non-hydrogen) atoms. The minimum atomic E-state index is -0.889. The van der Waals surface area contributed by atoms with Crippen molar-refractivity contribution in [3.8, 4) is 12.8 Å². The first-order valence-corrected chi connectivity index (χ1v) is 32.4. The topological polar surface area (TPSA) is 390 Å². The number of hydrogen-bond donors (Lipinski definition) is 15. The van der Waals surface area contributed by atoms with E-state index in [0.717, 1.165) is 16.8 Å². The molecule has 0 radical (unpaired) electrons. The van der Waals surface area contributed by atoms with Crippen molar-refractivity contribution in [2.24, 2.45) is 11.7 Å². The molecule has 0 aliphatic heterocycles. The molecule has 2 amide bonds. The Morgan fingerprint density at radius 1 is 0.480 bits per heavy atom. The molecule has 6 aromatic carbocycles. The summed E-state index contributed by atoms with van der Waals surface area (Å²) < 4.78 is 41.8. The third-order valence-corrected chi connectivity index (χ3v) is 13.2. The summed E-state index contributed by atoms with van der Waals surface area (Å²) in [5.41, 5.74) is 19.8. The maximum atomic E-state index is 12.2. The van der Waals surface area contributed by atoms with Crippen molar-refractivity contribution < 1.29 is 86.9 Å². The molecule has 27 nitrogen and oxygen atoms in total. The smallest absolute Gasteiger partial charge is 0.407 e. The number of quaternary nitrogens is 1. The van der Waals surface area contributed by atoms with Gasteiger partial charge >= 0.3 is 30.1 Å². The Kier molecular flexibility index (Phi) is 49.5. The van der Waals surface area contributed by atoms with E-state index in [1.807, 2.05) is 54.6 Å². The van der Waals surface area contributed by atoms with Crippen LogP contribution in [-0.2, 0) is 66.8 Å². The number of rotatable bonds is 32. The number of nitrogens with one attached hydrogen (secondary N) is 10. The number of aliphatic hydroxyl groups is 1. The van der Waals surface area contributed by atoms with Gasteiger partial charge in [-0.25, -0.2) is 9.59 Å². The average molecular weight is 1540 g/mol. The number of terminal acetylenes is 1. The molecule has 0 bridgehead atoms. The van der Waals surface area contributed by atoms with Gasteiger partial charge in [0.1, 0.15) is 25.8 Å². The number of carboxylic acid groups (broad SMARTS) is 1. The monoisotopic (exact) mass is 1530 g/mol. The number of hydrazine groups is 6. The lowest BCUT2D eigenvalue weighted by molar-refractivity contribution is -0.374. The Bertz CT molecular complexity index is 3350. The molecule has 0 spiro atoms. The highest BCUT2D eigenvalue weighted by atomic mass is 35.5. The first-order valence-electron chi connectivity index (χ1n) is 30.6. The van der Waals surface area contributed by atoms with Gasteiger partial charge in [-0.1, -0.05) is 142 Å². The zero-order chi connectivity index (χ0) is 74.7. The molecule has 0 atom stereocenters. The van der Waals surface area contributed by atoms with Crippen LogP contribution in [0.4, 0.5) is 43.7 Å². The van der Waals surface area contributed by atoms with Crippen molar-refractivity contribution in [3.63, 3.8) is 0 Å². The second-order valence-corrected chi connectivity index (χ2v) is 23.9. The highest BCUT2D eigenvalue weighted by molar-refractivity contribution is 6.40. The van der Waals surface area contributed by atoms with E-state index >= 15 is 0 Å². The summed E-state index contributed by atoms with van der Waals surface area (Å²) in [4.78, 5) is 57.6. The number of hydrogen-bond acceptors (Lipinski definition) is 23. The van der Waals surface area contributed by atoms with Crippen LogP contribution in [-0.4, -0.2) is 131 Å². The van der Waals surface area contributed by atoms with Crippen molar-refractivity contribution in [2.75, 3.05) is 95.0 Å². The molecule has 0 aromatic heterocycles. The minimum absolute atomic E-state index is 0. The van der Waals surface area contributed by atoms with E-state index in [1.165, 1.54) is 6.40 Å². The Balaban J connectivity index is 0.00000130. The lowest BCUT2D eigenvalue weighted by Gasteiger charge is -2.19. The fraction of sp³-hybridized carbons (Fsp3) is 0.348. The molecule has 6 rings (SSSR count). The number of para-hydroxylation sites is 6. The summed E-state index contributed by atoms with van der Waals surface area (Å²) in [6.45, 7) is 14.6. The van der Waals surface area contributed by atoms with Crippen LogP contribution in [0.2, 0.25) is 30.1 Å². The van der Waals surface area contributed by atoms with Crippen LogP contribution < -0.4 is 84.1 Å². The van der Waals surface area contributed by atoms with Crippen molar-refractivity contribution in [1.29, 1.82) is 0 Å². The molecule has 0 fully saturated rings. The van der Waals surface area contributed by atoms with Crippen molar-refractivity contribution in [3.05, 3.63) is 174 Å². The first kappa shape index (κ1) is 90.8. The predicted molar refractivity (Wildman–Crippen MR) is 389 cm³/mol. The summed E-state index contributed by atoms with van der Waals surface area (Å²) >= 11 is 37.0. The van der Waals surface area contributed by atoms with Crippen molar-refractivity contribution >= 4 is 134 Å². The molecule has 0 saturated heterocycles. The second kappa shape index (κ2) is 54.5. The summed E-state index contributed by atoms with van der Waals surface area (Å²) in [5, 5.41) is 34.8. The number of aliphatic hydroxyl groups excluding tert-OH is 1. The zero-order valence-corrected chi connectivity index (χ0v) is 61.4. The molecule has 19 N–H and O–H groups in total. The van der Waals surface area contributed by atoms with Gasteiger partial charge in [0.05, 0.1) is 119 Å². The van der Waals surface area contributed by atoms with Gasteiger partial charge in [-0.15, -0.1) is 12.8 Å². The van der Waals surface area contributed by atoms with E-state index in [0.29, 0.717) is 104 Å². The summed E-state index contributed by atoms with van der Waals surface area (Å²) in [6.07, 6.45) is 4.96. The van der Waals surface area contributed by atoms with E-state index in [1.54, 1.807) is 114 Å². The average Bonchev–Trinajstić information content (AvgIpc) is 0.850. The third kappa shape index (κ3) is 43.4. The first-order chi connectivity index (χ1) is 47.6. The Morgan fingerprint density at radius 3 is 1.09 bits per heavy atom. The van der Waals surface area contributed by atoms with Crippen LogP contribution in [0.25, 0.3) is 0 Å². The fourth-order valence-electron chi connectivity index (χ4n) is 7.30. The zero-order valence-electron chi connectivity index (χ0n) is 57.1. The Morgan fingerprint density at radius 2 is 0.790 bits per heavy atom. The molecular formula is C66H90Cl7N13O14. The van der Waals surface area contributed by atoms with Crippen LogP contribution in [0, 0.1) is 12.8 Å². The number of alkyl carbamates (subject to hydrolysis) is 2. The van der Waals surface area contributed by atoms with Gasteiger partial charge in [-0.3, -0.25) is 26.1 Å². The van der Waals surface area contributed by atoms with E-state index in [9.17, 15) is 24.0 Å². The molecule has 34 heteroatoms. The number of esters is 2. The molecule has 0 aliphatic carbocycles. The lowest BCUT2D eigenvalue weighted by Crippen LogP contribution is -3.00. The standard InChI is InChI=1S/C23H28Cl2N2O5.C18H20Cl2N2O3.C14H11Cl2NO2.C9H19NO4.C2H2.ClH.H9N7/c1-23(2,3)32-22(29)26-11-12-30-13-14-31-20(28)15-16-7-4-5-10-19(16)27-21-17(24)8-6-9-18(21)25;19-14-5-3-6-15(20)18(14)22-16-7-2-1-4-13(16)12-17(23)25-11-10-24-9-8-21;15-10-5-3-6-11(16)14(10)17-12-7-2-1-4-9(12)8-13(18)19;1-9(2,3)14-8(12)10-4-6-13-7-5-11;1-2;;1-3-5-7-6-4-2/h4-10,27H,11-15H2,1-3H3,(H,26,29);1-7,22H,8-12,21H2;1-7,17H,8H2,(H,18,19);11H,4-7H2,1-3H3,(H,10,12);1-2H;1H;3-7H,1-2H2/i;;;;1D;;. The number of carbonyl (C=O) groups is 5. The van der Waals surface area contributed by atoms with Crippen LogP contribution in [0.5, 0.6) is 0 Å². The SMILES string of the molecule is CC(C)(C)OC(=O)NCCOCCO.CC(C)(C)OC(=O)NCCOCCOC(=O)Cc1ccccc1Nc1c(Cl)cccc1Cl.NNNNNNN.O=C(O)Cc1ccccc1Nc1c(Cl)cccc1Cl.[2H]C#C.[Cl-].[NH3+]CCOCCOC(=O)Cc1ccccc1Nc1c(Cl)cccc1Cl. The van der Waals surface area contributed by atoms with Gasteiger partial charge < -0.3 is 88.1 Å². The number of benzene rings is 6. The van der Waals surface area contributed by atoms with Crippen LogP contribution >= 0.6 is 69.6 Å². The number of anilines is 6. The molecule has 0 saturated carbocycles. The number of carboxylic acids is 1. The van der Waals surface area contributed by atoms with Crippen LogP contribution in [0.3, 0.4) is 0 Å². The molecule has 0 unspecified atom stereocenters. The quantitative estimate of drug-likeness (QED) is 0.00508. The molecule has 0 heterocycles. The van der Waals surface area contributed by atoms with Gasteiger partial charge in [0.25, 0.3) is 0 Å². The molecule has 0 aliphatic rings. The minimum Gasteiger partial charge on any atom is -1.00 e. The number of halogens is 7. The lowest BCUT2D eigenvalue weighted by atomic mass is 10.1. The number of amides is 2. The summed E-state index contributed by atoms with van der Waals surface area (Å²) in [7, 11) is 0. The fourth-order valence-corrected chi connectivity index (χ4v) is 8.78. The predicted octanol–water partition coefficient (Wildman–Crippen LogP) is 6.92. The van der Waals surface area contributed by atoms with E-state index in [2.05, 4.69) is 66.4 Å². The van der Waals surface area contributed by atoms with E-state index < -0.39 is 29.4 Å². The Hall–Kier alpha value is -7.22. The van der Waals surface area contributed by atoms with Gasteiger partial charge in [0, 0.05) is 30.2 Å². The Labute approximate surface area is 621 Å². The van der Waals surface area contributed by atoms with Gasteiger partial charge in [0.2, 0.25) is 0 Å². The van der Waals surface area contributed by atoms with E-state index in [-0.39, 0.29) is 83.2 Å². The van der Waals surface area contributed by atoms with Crippen molar-refractivity contribution in [1.82, 2.24) is 38.3 Å². The molecular weight excluding hydrogens is 1450 g/mol. The number of nitrogens with two attached hydrogens (primary N) is 2. The second-order valence-electron chi connectivity index (χ2n) is 21.4. The summed E-state index contributed by atoms with van der Waals surface area (Å²) in [5.74, 6) is 7.87. The molecule has 552 valence electrons. The maximum Gasteiger partial charge on any atom is 0.407 e. The maximum absolute atomic E-state index is 12.2. The van der Waals surface area contributed by atoms with Gasteiger partial charge in [0.15, 0.2) is 0 Å². The van der Waals surface area contributed by atoms with Crippen molar-refractivity contribution in [2.45, 2.75) is 72.0 Å². The van der Waals surface area contributed by atoms with Gasteiger partial charge in [-0.2, -0.15) is 27.7 Å². The number of ether oxygens (including phenoxy) is 7. The number of carbonyl (C=O) groups excluding carboxylic acids is 4. The van der Waals surface area contributed by atoms with Crippen LogP contribution in [0.1, 0.15) is 59.6 Å². The number of aliphatic carboxylic acids is 1. The third-order valence-electron chi connectivity index (χ3n) is 11.3. The normalized spacial score (nSPS) is 10.4. The highest BCUT2D eigenvalue weighted by Gasteiger charge is 2.18. The highest BCUT2D eigenvalue weighted by Crippen LogP contribution is 2.36. The largest absolute Gasteiger partial charge is 1.00 e.